The fourth-order valence-corrected chi connectivity index (χ4v) is 0.651. The maximum absolute atomic E-state index is 10.8. The number of carboxylic acid groups (broad SMARTS) is 1. The van der Waals surface area contributed by atoms with Crippen LogP contribution >= 0.6 is 0 Å². The second-order valence-electron chi connectivity index (χ2n) is 2.40. The molecule has 70 valence electrons. The van der Waals surface area contributed by atoms with E-state index in [4.69, 9.17) is 9.52 Å². The van der Waals surface area contributed by atoms with Gasteiger partial charge in [-0.2, -0.15) is 4.98 Å². The topological polar surface area (TPSA) is 83.6 Å². The first-order chi connectivity index (χ1) is 6.02. The first kappa shape index (κ1) is 9.24. The van der Waals surface area contributed by atoms with Crippen molar-refractivity contribution in [3.05, 3.63) is 12.0 Å². The van der Waals surface area contributed by atoms with Crippen LogP contribution in [-0.2, 0) is 4.79 Å². The molecule has 0 radical (unpaired) electrons. The number of rotatable bonds is 2. The number of anilines is 1. The van der Waals surface area contributed by atoms with Gasteiger partial charge in [0.05, 0.1) is 0 Å². The Labute approximate surface area is 73.8 Å². The van der Waals surface area contributed by atoms with Crippen LogP contribution in [0.1, 0.15) is 17.4 Å². The minimum atomic E-state index is -1.19. The van der Waals surface area contributed by atoms with Crippen molar-refractivity contribution in [2.75, 3.05) is 11.9 Å². The maximum atomic E-state index is 10.8. The summed E-state index contributed by atoms with van der Waals surface area (Å²) in [5.41, 5.74) is -0.219. The molecule has 0 aromatic carbocycles. The fourth-order valence-electron chi connectivity index (χ4n) is 0.651. The van der Waals surface area contributed by atoms with Crippen LogP contribution < -0.4 is 4.90 Å². The van der Waals surface area contributed by atoms with E-state index >= 15 is 0 Å². The molecule has 0 aliphatic heterocycles. The van der Waals surface area contributed by atoms with Crippen LogP contribution in [0.2, 0.25) is 0 Å². The zero-order valence-electron chi connectivity index (χ0n) is 7.14. The zero-order valence-corrected chi connectivity index (χ0v) is 7.14. The summed E-state index contributed by atoms with van der Waals surface area (Å²) < 4.78 is 4.76. The summed E-state index contributed by atoms with van der Waals surface area (Å²) in [5, 5.41) is 8.49. The van der Waals surface area contributed by atoms with E-state index in [0.717, 1.165) is 11.2 Å². The molecule has 0 aliphatic carbocycles. The number of oxazole rings is 1. The van der Waals surface area contributed by atoms with Gasteiger partial charge in [0, 0.05) is 14.0 Å². The van der Waals surface area contributed by atoms with E-state index in [2.05, 4.69) is 4.98 Å². The van der Waals surface area contributed by atoms with E-state index in [1.807, 2.05) is 0 Å². The highest BCUT2D eigenvalue weighted by molar-refractivity contribution is 5.90. The van der Waals surface area contributed by atoms with Crippen LogP contribution in [-0.4, -0.2) is 29.0 Å². The van der Waals surface area contributed by atoms with Gasteiger partial charge in [0.15, 0.2) is 5.69 Å². The average molecular weight is 184 g/mol. The molecule has 0 atom stereocenters. The van der Waals surface area contributed by atoms with Crippen molar-refractivity contribution >= 4 is 17.9 Å². The van der Waals surface area contributed by atoms with E-state index in [-0.39, 0.29) is 17.6 Å². The molecule has 6 heteroatoms. The van der Waals surface area contributed by atoms with Gasteiger partial charge in [-0.15, -0.1) is 0 Å². The van der Waals surface area contributed by atoms with Gasteiger partial charge < -0.3 is 9.52 Å². The third-order valence-electron chi connectivity index (χ3n) is 1.47. The number of carboxylic acids is 1. The summed E-state index contributed by atoms with van der Waals surface area (Å²) in [7, 11) is 1.44. The number of hydrogen-bond donors (Lipinski definition) is 1. The van der Waals surface area contributed by atoms with E-state index in [1.54, 1.807) is 0 Å². The third kappa shape index (κ3) is 1.84. The standard InChI is InChI=1S/C7H8N2O4/c1-4(10)9(2)7-8-5(3-13-7)6(11)12/h3H,1-2H3,(H,11,12). The molecular formula is C7H8N2O4. The highest BCUT2D eigenvalue weighted by Gasteiger charge is 2.15. The number of aromatic nitrogens is 1. The summed E-state index contributed by atoms with van der Waals surface area (Å²) in [5.74, 6) is -1.47. The van der Waals surface area contributed by atoms with Gasteiger partial charge in [-0.3, -0.25) is 9.69 Å². The molecule has 1 N–H and O–H groups in total. The lowest BCUT2D eigenvalue weighted by atomic mass is 10.5. The minimum Gasteiger partial charge on any atom is -0.476 e. The number of nitrogens with zero attached hydrogens (tertiary/aromatic N) is 2. The molecular weight excluding hydrogens is 176 g/mol. The fraction of sp³-hybridized carbons (Fsp3) is 0.286. The first-order valence-electron chi connectivity index (χ1n) is 3.45. The first-order valence-corrected chi connectivity index (χ1v) is 3.45. The summed E-state index contributed by atoms with van der Waals surface area (Å²) >= 11 is 0. The molecule has 0 bridgehead atoms. The number of carbonyl (C=O) groups is 2. The molecule has 1 aromatic heterocycles. The SMILES string of the molecule is CC(=O)N(C)c1nc(C(=O)O)co1. The lowest BCUT2D eigenvalue weighted by Gasteiger charge is -2.07. The Morgan fingerprint density at radius 1 is 1.62 bits per heavy atom. The predicted octanol–water partition coefficient (Wildman–Crippen LogP) is 0.355. The second kappa shape index (κ2) is 3.26. The molecule has 0 aliphatic rings. The predicted molar refractivity (Wildman–Crippen MR) is 42.5 cm³/mol. The number of aromatic carboxylic acids is 1. The Hall–Kier alpha value is -1.85. The lowest BCUT2D eigenvalue weighted by molar-refractivity contribution is -0.116. The van der Waals surface area contributed by atoms with Gasteiger partial charge in [-0.25, -0.2) is 4.79 Å². The van der Waals surface area contributed by atoms with Crippen molar-refractivity contribution in [3.8, 4) is 0 Å². The molecule has 0 fully saturated rings. The average Bonchev–Trinajstić information content (AvgIpc) is 2.50. The molecule has 0 saturated heterocycles. The normalized spacial score (nSPS) is 9.69. The quantitative estimate of drug-likeness (QED) is 0.717. The van der Waals surface area contributed by atoms with Crippen molar-refractivity contribution in [1.82, 2.24) is 4.98 Å². The number of hydrogen-bond acceptors (Lipinski definition) is 4. The Kier molecular flexibility index (Phi) is 2.32. The van der Waals surface area contributed by atoms with Gasteiger partial charge in [-0.05, 0) is 0 Å². The Bertz CT molecular complexity index is 344. The van der Waals surface area contributed by atoms with Gasteiger partial charge in [0.25, 0.3) is 0 Å². The van der Waals surface area contributed by atoms with Crippen LogP contribution in [0, 0.1) is 0 Å². The van der Waals surface area contributed by atoms with Crippen LogP contribution in [0.4, 0.5) is 6.01 Å². The number of carbonyl (C=O) groups excluding carboxylic acids is 1. The van der Waals surface area contributed by atoms with Crippen molar-refractivity contribution < 1.29 is 19.1 Å². The molecule has 13 heavy (non-hydrogen) atoms. The van der Waals surface area contributed by atoms with Crippen LogP contribution in [0.25, 0.3) is 0 Å². The minimum absolute atomic E-state index is 0.0232. The van der Waals surface area contributed by atoms with Crippen molar-refractivity contribution in [2.24, 2.45) is 0 Å². The second-order valence-corrected chi connectivity index (χ2v) is 2.40. The van der Waals surface area contributed by atoms with Crippen molar-refractivity contribution in [2.45, 2.75) is 6.92 Å². The van der Waals surface area contributed by atoms with Gasteiger partial charge in [0.2, 0.25) is 5.91 Å². The summed E-state index contributed by atoms with van der Waals surface area (Å²) in [4.78, 5) is 25.9. The molecule has 1 heterocycles. The van der Waals surface area contributed by atoms with E-state index < -0.39 is 5.97 Å². The molecule has 0 saturated carbocycles. The highest BCUT2D eigenvalue weighted by atomic mass is 16.4. The lowest BCUT2D eigenvalue weighted by Crippen LogP contribution is -2.23. The molecule has 1 amide bonds. The van der Waals surface area contributed by atoms with Gasteiger partial charge in [-0.1, -0.05) is 0 Å². The summed E-state index contributed by atoms with van der Waals surface area (Å²) in [6.45, 7) is 1.32. The van der Waals surface area contributed by atoms with Crippen molar-refractivity contribution in [1.29, 1.82) is 0 Å². The summed E-state index contributed by atoms with van der Waals surface area (Å²) in [6, 6.07) is -0.0232. The van der Waals surface area contributed by atoms with E-state index in [9.17, 15) is 9.59 Å². The molecule has 6 nitrogen and oxygen atoms in total. The molecule has 1 aromatic rings. The molecule has 1 rings (SSSR count). The Morgan fingerprint density at radius 3 is 2.62 bits per heavy atom. The smallest absolute Gasteiger partial charge is 0.357 e. The van der Waals surface area contributed by atoms with Crippen LogP contribution in [0.5, 0.6) is 0 Å². The van der Waals surface area contributed by atoms with E-state index in [0.29, 0.717) is 0 Å². The zero-order chi connectivity index (χ0) is 10.0. The van der Waals surface area contributed by atoms with Crippen molar-refractivity contribution in [3.63, 3.8) is 0 Å². The highest BCUT2D eigenvalue weighted by Crippen LogP contribution is 2.11. The van der Waals surface area contributed by atoms with E-state index in [1.165, 1.54) is 14.0 Å². The summed E-state index contributed by atoms with van der Waals surface area (Å²) in [6.07, 6.45) is 0.983. The van der Waals surface area contributed by atoms with Crippen LogP contribution in [0.15, 0.2) is 10.7 Å². The maximum Gasteiger partial charge on any atom is 0.357 e. The molecule has 0 spiro atoms. The Balaban J connectivity index is 2.91. The van der Waals surface area contributed by atoms with Gasteiger partial charge >= 0.3 is 12.0 Å². The number of amides is 1. The van der Waals surface area contributed by atoms with Gasteiger partial charge in [0.1, 0.15) is 6.26 Å². The molecule has 0 unspecified atom stereocenters. The Morgan fingerprint density at radius 2 is 2.23 bits per heavy atom. The van der Waals surface area contributed by atoms with Crippen LogP contribution in [0.3, 0.4) is 0 Å². The monoisotopic (exact) mass is 184 g/mol. The largest absolute Gasteiger partial charge is 0.476 e. The third-order valence-corrected chi connectivity index (χ3v) is 1.47.